The number of Topliss-reactive ketones (excluding diaryl/α,β-unsaturated/α-hetero) is 1. The third-order valence-electron chi connectivity index (χ3n) is 4.24. The molecule has 0 unspecified atom stereocenters. The van der Waals surface area contributed by atoms with E-state index in [9.17, 15) is 4.79 Å². The van der Waals surface area contributed by atoms with Gasteiger partial charge in [0, 0.05) is 0 Å². The highest BCUT2D eigenvalue weighted by molar-refractivity contribution is 6.08. The van der Waals surface area contributed by atoms with Gasteiger partial charge in [-0.2, -0.15) is 0 Å². The van der Waals surface area contributed by atoms with E-state index >= 15 is 0 Å². The fourth-order valence-electron chi connectivity index (χ4n) is 2.94. The third kappa shape index (κ3) is 2.20. The Morgan fingerprint density at radius 2 is 1.55 bits per heavy atom. The zero-order valence-electron chi connectivity index (χ0n) is 11.7. The van der Waals surface area contributed by atoms with Crippen molar-refractivity contribution in [3.05, 3.63) is 77.4 Å². The van der Waals surface area contributed by atoms with Crippen LogP contribution in [0.25, 0.3) is 6.08 Å². The van der Waals surface area contributed by atoms with E-state index in [0.717, 1.165) is 29.5 Å². The molecule has 20 heavy (non-hydrogen) atoms. The van der Waals surface area contributed by atoms with Gasteiger partial charge in [-0.1, -0.05) is 60.7 Å². The number of carbonyl (C=O) groups excluding carboxylic acids is 1. The molecule has 1 nitrogen and oxygen atoms in total. The van der Waals surface area contributed by atoms with E-state index in [1.165, 1.54) is 0 Å². The largest absolute Gasteiger partial charge is 0.294 e. The number of carbonyl (C=O) groups is 1. The van der Waals surface area contributed by atoms with E-state index in [2.05, 4.69) is 19.1 Å². The first-order valence-corrected chi connectivity index (χ1v) is 7.06. The molecule has 1 saturated carbocycles. The molecule has 1 heteroatoms. The highest BCUT2D eigenvalue weighted by Gasteiger charge is 2.41. The van der Waals surface area contributed by atoms with Crippen molar-refractivity contribution in [2.45, 2.75) is 25.2 Å². The molecule has 1 aliphatic rings. The van der Waals surface area contributed by atoms with Crippen LogP contribution in [0.2, 0.25) is 0 Å². The molecule has 0 amide bonds. The van der Waals surface area contributed by atoms with Gasteiger partial charge >= 0.3 is 0 Å². The summed E-state index contributed by atoms with van der Waals surface area (Å²) < 4.78 is 0. The Hall–Kier alpha value is -2.15. The Kier molecular flexibility index (Phi) is 3.27. The van der Waals surface area contributed by atoms with Crippen LogP contribution in [0.1, 0.15) is 30.9 Å². The molecule has 1 aliphatic carbocycles. The average Bonchev–Trinajstić information content (AvgIpc) is 2.79. The van der Waals surface area contributed by atoms with Crippen molar-refractivity contribution in [2.75, 3.05) is 0 Å². The standard InChI is InChI=1S/C19H18O/c1-19(17-10-6-3-7-11-17)13-12-16(18(19)20)14-15-8-4-2-5-9-15/h2-11,14H,12-13H2,1H3/b16-14-/t19-/m0/s1. The van der Waals surface area contributed by atoms with Gasteiger partial charge in [0.25, 0.3) is 0 Å². The van der Waals surface area contributed by atoms with Gasteiger partial charge in [0.15, 0.2) is 5.78 Å². The lowest BCUT2D eigenvalue weighted by Gasteiger charge is -2.22. The molecule has 0 aliphatic heterocycles. The van der Waals surface area contributed by atoms with E-state index in [0.29, 0.717) is 0 Å². The molecule has 2 aromatic rings. The van der Waals surface area contributed by atoms with Gasteiger partial charge in [-0.25, -0.2) is 0 Å². The summed E-state index contributed by atoms with van der Waals surface area (Å²) in [4.78, 5) is 12.8. The minimum absolute atomic E-state index is 0.271. The van der Waals surface area contributed by atoms with Gasteiger partial charge in [0.05, 0.1) is 5.41 Å². The lowest BCUT2D eigenvalue weighted by atomic mass is 9.80. The minimum Gasteiger partial charge on any atom is -0.294 e. The van der Waals surface area contributed by atoms with Crippen LogP contribution >= 0.6 is 0 Å². The van der Waals surface area contributed by atoms with Crippen molar-refractivity contribution < 1.29 is 4.79 Å². The van der Waals surface area contributed by atoms with Crippen molar-refractivity contribution in [2.24, 2.45) is 0 Å². The zero-order valence-corrected chi connectivity index (χ0v) is 11.7. The van der Waals surface area contributed by atoms with Crippen molar-refractivity contribution in [3.63, 3.8) is 0 Å². The SMILES string of the molecule is C[C@@]1(c2ccccc2)CC/C(=C/c2ccccc2)C1=O. The molecule has 0 bridgehead atoms. The predicted molar refractivity (Wildman–Crippen MR) is 82.5 cm³/mol. The fraction of sp³-hybridized carbons (Fsp3) is 0.211. The highest BCUT2D eigenvalue weighted by atomic mass is 16.1. The molecular weight excluding hydrogens is 244 g/mol. The molecule has 0 heterocycles. The van der Waals surface area contributed by atoms with Gasteiger partial charge in [-0.3, -0.25) is 4.79 Å². The number of rotatable bonds is 2. The first-order valence-electron chi connectivity index (χ1n) is 7.06. The highest BCUT2D eigenvalue weighted by Crippen LogP contribution is 2.41. The summed E-state index contributed by atoms with van der Waals surface area (Å²) in [5, 5.41) is 0. The molecule has 1 fully saturated rings. The van der Waals surface area contributed by atoms with Gasteiger partial charge in [-0.05, 0) is 42.5 Å². The van der Waals surface area contributed by atoms with Crippen LogP contribution < -0.4 is 0 Å². The van der Waals surface area contributed by atoms with Crippen LogP contribution in [0.15, 0.2) is 66.2 Å². The quantitative estimate of drug-likeness (QED) is 0.733. The van der Waals surface area contributed by atoms with Gasteiger partial charge in [0.2, 0.25) is 0 Å². The second kappa shape index (κ2) is 5.09. The number of hydrogen-bond acceptors (Lipinski definition) is 1. The van der Waals surface area contributed by atoms with E-state index < -0.39 is 0 Å². The molecule has 3 rings (SSSR count). The molecule has 0 aromatic heterocycles. The summed E-state index contributed by atoms with van der Waals surface area (Å²) in [6.07, 6.45) is 3.80. The molecule has 0 N–H and O–H groups in total. The van der Waals surface area contributed by atoms with Gasteiger partial charge in [-0.15, -0.1) is 0 Å². The summed E-state index contributed by atoms with van der Waals surface area (Å²) in [6, 6.07) is 20.2. The summed E-state index contributed by atoms with van der Waals surface area (Å²) in [7, 11) is 0. The fourth-order valence-corrected chi connectivity index (χ4v) is 2.94. The monoisotopic (exact) mass is 262 g/mol. The van der Waals surface area contributed by atoms with E-state index in [1.54, 1.807) is 0 Å². The molecule has 1 atom stereocenters. The maximum Gasteiger partial charge on any atom is 0.169 e. The Bertz CT molecular complexity index is 640. The summed E-state index contributed by atoms with van der Waals surface area (Å²) in [6.45, 7) is 2.07. The maximum absolute atomic E-state index is 12.8. The van der Waals surface area contributed by atoms with Crippen LogP contribution in [-0.2, 0) is 10.2 Å². The van der Waals surface area contributed by atoms with E-state index in [1.807, 2.05) is 54.6 Å². The lowest BCUT2D eigenvalue weighted by Crippen LogP contribution is -2.27. The van der Waals surface area contributed by atoms with Crippen LogP contribution in [0.5, 0.6) is 0 Å². The normalized spacial score (nSPS) is 24.2. The van der Waals surface area contributed by atoms with Crippen molar-refractivity contribution in [3.8, 4) is 0 Å². The summed E-state index contributed by atoms with van der Waals surface area (Å²) in [5.74, 6) is 0.271. The van der Waals surface area contributed by atoms with Crippen LogP contribution in [0, 0.1) is 0 Å². The first-order chi connectivity index (χ1) is 9.70. The smallest absolute Gasteiger partial charge is 0.169 e. The Morgan fingerprint density at radius 3 is 2.20 bits per heavy atom. The topological polar surface area (TPSA) is 17.1 Å². The number of benzene rings is 2. The Balaban J connectivity index is 1.93. The van der Waals surface area contributed by atoms with Crippen LogP contribution in [-0.4, -0.2) is 5.78 Å². The molecule has 100 valence electrons. The van der Waals surface area contributed by atoms with E-state index in [4.69, 9.17) is 0 Å². The number of hydrogen-bond donors (Lipinski definition) is 0. The summed E-state index contributed by atoms with van der Waals surface area (Å²) in [5.41, 5.74) is 2.82. The molecule has 0 spiro atoms. The van der Waals surface area contributed by atoms with Crippen molar-refractivity contribution in [1.82, 2.24) is 0 Å². The number of ketones is 1. The Labute approximate surface area is 120 Å². The maximum atomic E-state index is 12.8. The predicted octanol–water partition coefficient (Wildman–Crippen LogP) is 4.39. The van der Waals surface area contributed by atoms with Gasteiger partial charge < -0.3 is 0 Å². The second-order valence-corrected chi connectivity index (χ2v) is 5.61. The minimum atomic E-state index is -0.359. The van der Waals surface area contributed by atoms with Gasteiger partial charge in [0.1, 0.15) is 0 Å². The lowest BCUT2D eigenvalue weighted by molar-refractivity contribution is -0.118. The van der Waals surface area contributed by atoms with Crippen LogP contribution in [0.3, 0.4) is 0 Å². The van der Waals surface area contributed by atoms with Crippen LogP contribution in [0.4, 0.5) is 0 Å². The number of allylic oxidation sites excluding steroid dienone is 1. The average molecular weight is 262 g/mol. The summed E-state index contributed by atoms with van der Waals surface area (Å²) >= 11 is 0. The van der Waals surface area contributed by atoms with Crippen molar-refractivity contribution >= 4 is 11.9 Å². The molecular formula is C19H18O. The van der Waals surface area contributed by atoms with E-state index in [-0.39, 0.29) is 11.2 Å². The first kappa shape index (κ1) is 12.9. The van der Waals surface area contributed by atoms with Crippen molar-refractivity contribution in [1.29, 1.82) is 0 Å². The second-order valence-electron chi connectivity index (χ2n) is 5.61. The third-order valence-corrected chi connectivity index (χ3v) is 4.24. The zero-order chi connectivity index (χ0) is 14.0. The molecule has 2 aromatic carbocycles. The molecule has 0 radical (unpaired) electrons. The Morgan fingerprint density at radius 1 is 0.950 bits per heavy atom. The molecule has 0 saturated heterocycles.